The van der Waals surface area contributed by atoms with Crippen LogP contribution in [-0.4, -0.2) is 12.1 Å². The Morgan fingerprint density at radius 2 is 2.00 bits per heavy atom. The molecule has 19 heavy (non-hydrogen) atoms. The van der Waals surface area contributed by atoms with Gasteiger partial charge in [0.25, 0.3) is 0 Å². The van der Waals surface area contributed by atoms with Crippen LogP contribution in [-0.2, 0) is 4.74 Å². The molecule has 2 nitrogen and oxygen atoms in total. The van der Waals surface area contributed by atoms with Crippen LogP contribution < -0.4 is 5.73 Å². The molecule has 2 N–H and O–H groups in total. The lowest BCUT2D eigenvalue weighted by atomic mass is 9.76. The maximum atomic E-state index is 6.36. The van der Waals surface area contributed by atoms with Crippen molar-refractivity contribution in [3.63, 3.8) is 0 Å². The van der Waals surface area contributed by atoms with Crippen molar-refractivity contribution in [2.75, 3.05) is 0 Å². The minimum atomic E-state index is 0.0484. The first-order chi connectivity index (χ1) is 8.89. The third-order valence-electron chi connectivity index (χ3n) is 4.26. The molecule has 1 aromatic heterocycles. The van der Waals surface area contributed by atoms with Crippen molar-refractivity contribution in [2.45, 2.75) is 71.6 Å². The summed E-state index contributed by atoms with van der Waals surface area (Å²) < 4.78 is 6.36. The first-order valence-corrected chi connectivity index (χ1v) is 8.22. The highest BCUT2D eigenvalue weighted by Gasteiger charge is 2.30. The first kappa shape index (κ1) is 15.0. The second-order valence-electron chi connectivity index (χ2n) is 6.75. The molecule has 108 valence electrons. The number of ether oxygens (including phenoxy) is 1. The molecule has 3 heteroatoms. The molecule has 0 aliphatic heterocycles. The van der Waals surface area contributed by atoms with E-state index in [1.54, 1.807) is 11.3 Å². The molecule has 2 unspecified atom stereocenters. The van der Waals surface area contributed by atoms with Crippen molar-refractivity contribution in [3.8, 4) is 0 Å². The Balaban J connectivity index is 2.01. The van der Waals surface area contributed by atoms with Crippen molar-refractivity contribution in [1.82, 2.24) is 0 Å². The van der Waals surface area contributed by atoms with E-state index in [1.165, 1.54) is 36.1 Å². The molecule has 1 aliphatic carbocycles. The summed E-state index contributed by atoms with van der Waals surface area (Å²) in [5.74, 6) is 0. The molecule has 0 saturated heterocycles. The van der Waals surface area contributed by atoms with Crippen LogP contribution in [0.2, 0.25) is 0 Å². The summed E-state index contributed by atoms with van der Waals surface area (Å²) >= 11 is 1.77. The number of nitrogens with two attached hydrogens (primary N) is 1. The van der Waals surface area contributed by atoms with Crippen LogP contribution in [0.15, 0.2) is 11.4 Å². The fourth-order valence-corrected chi connectivity index (χ4v) is 3.89. The molecule has 2 atom stereocenters. The fourth-order valence-electron chi connectivity index (χ4n) is 2.82. The molecule has 1 fully saturated rings. The third kappa shape index (κ3) is 3.80. The summed E-state index contributed by atoms with van der Waals surface area (Å²) in [6.07, 6.45) is 5.29. The molecule has 1 heterocycles. The van der Waals surface area contributed by atoms with Crippen molar-refractivity contribution in [1.29, 1.82) is 0 Å². The van der Waals surface area contributed by atoms with Gasteiger partial charge in [-0.05, 0) is 62.0 Å². The number of hydrogen-bond acceptors (Lipinski definition) is 3. The van der Waals surface area contributed by atoms with E-state index < -0.39 is 0 Å². The predicted octanol–water partition coefficient (Wildman–Crippen LogP) is 4.43. The molecule has 0 spiro atoms. The van der Waals surface area contributed by atoms with Crippen LogP contribution in [0.3, 0.4) is 0 Å². The Hall–Kier alpha value is -0.380. The van der Waals surface area contributed by atoms with Gasteiger partial charge in [-0.25, -0.2) is 0 Å². The minimum absolute atomic E-state index is 0.0484. The van der Waals surface area contributed by atoms with E-state index in [2.05, 4.69) is 39.1 Å². The Labute approximate surface area is 121 Å². The van der Waals surface area contributed by atoms with Crippen LogP contribution in [0.25, 0.3) is 0 Å². The van der Waals surface area contributed by atoms with Gasteiger partial charge < -0.3 is 10.5 Å². The van der Waals surface area contributed by atoms with E-state index in [-0.39, 0.29) is 12.1 Å². The molecule has 0 aromatic carbocycles. The highest BCUT2D eigenvalue weighted by Crippen LogP contribution is 2.39. The van der Waals surface area contributed by atoms with Crippen molar-refractivity contribution < 1.29 is 4.74 Å². The predicted molar refractivity (Wildman–Crippen MR) is 82.6 cm³/mol. The summed E-state index contributed by atoms with van der Waals surface area (Å²) in [4.78, 5) is 1.31. The summed E-state index contributed by atoms with van der Waals surface area (Å²) in [5, 5.41) is 2.13. The van der Waals surface area contributed by atoms with Gasteiger partial charge >= 0.3 is 0 Å². The SMILES string of the molecule is Cc1ccsc1C(OC1CCC(C)(C)CC1)C(C)N. The van der Waals surface area contributed by atoms with E-state index >= 15 is 0 Å². The molecule has 1 aliphatic rings. The minimum Gasteiger partial charge on any atom is -0.368 e. The number of rotatable bonds is 4. The monoisotopic (exact) mass is 281 g/mol. The maximum Gasteiger partial charge on any atom is 0.107 e. The van der Waals surface area contributed by atoms with Crippen LogP contribution >= 0.6 is 11.3 Å². The lowest BCUT2D eigenvalue weighted by Gasteiger charge is -2.36. The van der Waals surface area contributed by atoms with E-state index in [4.69, 9.17) is 10.5 Å². The van der Waals surface area contributed by atoms with Gasteiger partial charge in [-0.15, -0.1) is 11.3 Å². The van der Waals surface area contributed by atoms with Crippen LogP contribution in [0, 0.1) is 12.3 Å². The summed E-state index contributed by atoms with van der Waals surface area (Å²) in [7, 11) is 0. The summed E-state index contributed by atoms with van der Waals surface area (Å²) in [6.45, 7) is 8.91. The average molecular weight is 281 g/mol. The highest BCUT2D eigenvalue weighted by atomic mass is 32.1. The maximum absolute atomic E-state index is 6.36. The molecule has 1 saturated carbocycles. The quantitative estimate of drug-likeness (QED) is 0.886. The van der Waals surface area contributed by atoms with E-state index in [0.717, 1.165) is 0 Å². The van der Waals surface area contributed by atoms with E-state index in [0.29, 0.717) is 11.5 Å². The van der Waals surface area contributed by atoms with Gasteiger partial charge in [0.1, 0.15) is 6.10 Å². The van der Waals surface area contributed by atoms with Crippen LogP contribution in [0.1, 0.15) is 63.0 Å². The number of hydrogen-bond donors (Lipinski definition) is 1. The molecule has 2 rings (SSSR count). The summed E-state index contributed by atoms with van der Waals surface area (Å²) in [5.41, 5.74) is 7.95. The van der Waals surface area contributed by atoms with Gasteiger partial charge in [0.15, 0.2) is 0 Å². The Morgan fingerprint density at radius 1 is 1.37 bits per heavy atom. The van der Waals surface area contributed by atoms with Gasteiger partial charge in [-0.1, -0.05) is 13.8 Å². The third-order valence-corrected chi connectivity index (χ3v) is 5.34. The molecule has 0 bridgehead atoms. The lowest BCUT2D eigenvalue weighted by Crippen LogP contribution is -2.33. The Bertz CT molecular complexity index is 401. The second-order valence-corrected chi connectivity index (χ2v) is 7.69. The van der Waals surface area contributed by atoms with E-state index in [1.807, 2.05) is 0 Å². The molecule has 0 amide bonds. The van der Waals surface area contributed by atoms with Gasteiger partial charge in [-0.2, -0.15) is 0 Å². The zero-order valence-corrected chi connectivity index (χ0v) is 13.4. The number of aryl methyl sites for hydroxylation is 1. The standard InChI is InChI=1S/C16H27NOS/c1-11-7-10-19-15(11)14(12(2)17)18-13-5-8-16(3,4)9-6-13/h7,10,12-14H,5-6,8-9,17H2,1-4H3. The zero-order chi connectivity index (χ0) is 14.0. The van der Waals surface area contributed by atoms with Gasteiger partial charge in [0, 0.05) is 10.9 Å². The molecular weight excluding hydrogens is 254 g/mol. The van der Waals surface area contributed by atoms with Crippen LogP contribution in [0.5, 0.6) is 0 Å². The van der Waals surface area contributed by atoms with Crippen molar-refractivity contribution in [3.05, 3.63) is 21.9 Å². The number of thiophene rings is 1. The Morgan fingerprint density at radius 3 is 2.47 bits per heavy atom. The highest BCUT2D eigenvalue weighted by molar-refractivity contribution is 7.10. The van der Waals surface area contributed by atoms with Gasteiger partial charge in [-0.3, -0.25) is 0 Å². The molecule has 1 aromatic rings. The first-order valence-electron chi connectivity index (χ1n) is 7.34. The molecular formula is C16H27NOS. The topological polar surface area (TPSA) is 35.2 Å². The van der Waals surface area contributed by atoms with Gasteiger partial charge in [0.2, 0.25) is 0 Å². The van der Waals surface area contributed by atoms with E-state index in [9.17, 15) is 0 Å². The fraction of sp³-hybridized carbons (Fsp3) is 0.750. The zero-order valence-electron chi connectivity index (χ0n) is 12.6. The largest absolute Gasteiger partial charge is 0.368 e. The normalized spacial score (nSPS) is 23.2. The molecule has 0 radical (unpaired) electrons. The van der Waals surface area contributed by atoms with Crippen LogP contribution in [0.4, 0.5) is 0 Å². The second kappa shape index (κ2) is 5.94. The summed E-state index contributed by atoms with van der Waals surface area (Å²) in [6, 6.07) is 2.20. The lowest BCUT2D eigenvalue weighted by molar-refractivity contribution is -0.0535. The smallest absolute Gasteiger partial charge is 0.107 e. The Kier molecular flexibility index (Phi) is 4.70. The van der Waals surface area contributed by atoms with Gasteiger partial charge in [0.05, 0.1) is 6.10 Å². The van der Waals surface area contributed by atoms with Crippen molar-refractivity contribution in [2.24, 2.45) is 11.1 Å². The van der Waals surface area contributed by atoms with Crippen molar-refractivity contribution >= 4 is 11.3 Å². The average Bonchev–Trinajstić information content (AvgIpc) is 2.73.